The van der Waals surface area contributed by atoms with E-state index in [4.69, 9.17) is 29.0 Å². The molecule has 0 aliphatic carbocycles. The summed E-state index contributed by atoms with van der Waals surface area (Å²) in [4.78, 5) is 3.58. The number of fused-ring (bicyclic) bond motifs is 1. The second-order valence-corrected chi connectivity index (χ2v) is 4.67. The van der Waals surface area contributed by atoms with E-state index >= 15 is 0 Å². The van der Waals surface area contributed by atoms with Crippen molar-refractivity contribution in [1.82, 2.24) is 4.98 Å². The molecule has 0 radical (unpaired) electrons. The molecule has 19 heavy (non-hydrogen) atoms. The van der Waals surface area contributed by atoms with Gasteiger partial charge in [0.2, 0.25) is 0 Å². The number of hydrogen-bond donors (Lipinski definition) is 2. The van der Waals surface area contributed by atoms with Gasteiger partial charge in [0.05, 0.1) is 21.2 Å². The number of hydrogen-bond acceptors (Lipinski definition) is 3. The molecule has 102 valence electrons. The van der Waals surface area contributed by atoms with Gasteiger partial charge in [-0.15, -0.1) is 0 Å². The molecule has 0 unspecified atom stereocenters. The third kappa shape index (κ3) is 2.31. The number of pyridine rings is 1. The summed E-state index contributed by atoms with van der Waals surface area (Å²) in [6, 6.07) is 2.86. The lowest BCUT2D eigenvalue weighted by molar-refractivity contribution is -0.141. The zero-order valence-electron chi connectivity index (χ0n) is 9.57. The van der Waals surface area contributed by atoms with E-state index in [0.717, 1.165) is 0 Å². The summed E-state index contributed by atoms with van der Waals surface area (Å²) in [5.74, 6) is 5.30. The van der Waals surface area contributed by atoms with Gasteiger partial charge in [0.1, 0.15) is 5.69 Å². The lowest BCUT2D eigenvalue weighted by atomic mass is 10.1. The molecule has 0 bridgehead atoms. The summed E-state index contributed by atoms with van der Waals surface area (Å²) in [7, 11) is 0. The summed E-state index contributed by atoms with van der Waals surface area (Å²) in [5.41, 5.74) is 1.08. The lowest BCUT2D eigenvalue weighted by Gasteiger charge is -2.16. The molecule has 0 atom stereocenters. The number of alkyl halides is 3. The monoisotopic (exact) mass is 309 g/mol. The van der Waals surface area contributed by atoms with Crippen molar-refractivity contribution in [2.45, 2.75) is 13.1 Å². The van der Waals surface area contributed by atoms with Crippen LogP contribution in [0.2, 0.25) is 10.0 Å². The number of hydrazine groups is 1. The summed E-state index contributed by atoms with van der Waals surface area (Å²) in [6.07, 6.45) is -4.60. The maximum Gasteiger partial charge on any atom is 0.433 e. The molecule has 0 fully saturated rings. The molecule has 0 spiro atoms. The SMILES string of the molecule is Cc1c(C(F)(F)F)nc2c(Cl)ccc(Cl)c2c1NN. The van der Waals surface area contributed by atoms with E-state index in [9.17, 15) is 13.2 Å². The number of anilines is 1. The molecule has 1 heterocycles. The number of halogens is 5. The van der Waals surface area contributed by atoms with Crippen molar-refractivity contribution in [1.29, 1.82) is 0 Å². The summed E-state index contributed by atoms with van der Waals surface area (Å²) in [6.45, 7) is 1.27. The zero-order chi connectivity index (χ0) is 14.4. The smallest absolute Gasteiger partial charge is 0.323 e. The predicted octanol–water partition coefficient (Wildman–Crippen LogP) is 4.15. The van der Waals surface area contributed by atoms with Gasteiger partial charge in [0.25, 0.3) is 0 Å². The topological polar surface area (TPSA) is 50.9 Å². The first-order valence-electron chi connectivity index (χ1n) is 5.09. The maximum atomic E-state index is 12.9. The van der Waals surface area contributed by atoms with Crippen molar-refractivity contribution in [3.8, 4) is 0 Å². The molecule has 0 amide bonds. The standard InChI is InChI=1S/C11H8Cl2F3N3/c1-4-8(19-17)7-5(12)2-3-6(13)9(7)18-10(4)11(14,15)16/h2-3H,17H2,1H3,(H,18,19). The van der Waals surface area contributed by atoms with Crippen molar-refractivity contribution in [2.24, 2.45) is 5.84 Å². The third-order valence-electron chi connectivity index (χ3n) is 2.69. The minimum Gasteiger partial charge on any atom is -0.323 e. The van der Waals surface area contributed by atoms with E-state index in [2.05, 4.69) is 10.4 Å². The van der Waals surface area contributed by atoms with Crippen LogP contribution in [0.3, 0.4) is 0 Å². The molecular weight excluding hydrogens is 302 g/mol. The quantitative estimate of drug-likeness (QED) is 0.614. The number of aromatic nitrogens is 1. The fourth-order valence-corrected chi connectivity index (χ4v) is 2.29. The fourth-order valence-electron chi connectivity index (χ4n) is 1.85. The Hall–Kier alpha value is -1.24. The van der Waals surface area contributed by atoms with E-state index in [0.29, 0.717) is 0 Å². The predicted molar refractivity (Wildman–Crippen MR) is 69.3 cm³/mol. The number of rotatable bonds is 1. The van der Waals surface area contributed by atoms with Gasteiger partial charge in [-0.2, -0.15) is 13.2 Å². The molecule has 0 aliphatic rings. The average molecular weight is 310 g/mol. The van der Waals surface area contributed by atoms with Crippen LogP contribution in [-0.2, 0) is 6.18 Å². The van der Waals surface area contributed by atoms with Gasteiger partial charge in [-0.3, -0.25) is 5.84 Å². The molecule has 8 heteroatoms. The van der Waals surface area contributed by atoms with Gasteiger partial charge in [-0.05, 0) is 19.1 Å². The van der Waals surface area contributed by atoms with Crippen molar-refractivity contribution in [2.75, 3.05) is 5.43 Å². The van der Waals surface area contributed by atoms with Crippen LogP contribution in [0, 0.1) is 6.92 Å². The highest BCUT2D eigenvalue weighted by Gasteiger charge is 2.36. The number of nitrogens with one attached hydrogen (secondary N) is 1. The molecule has 1 aromatic carbocycles. The van der Waals surface area contributed by atoms with Crippen LogP contribution in [0.5, 0.6) is 0 Å². The highest BCUT2D eigenvalue weighted by molar-refractivity contribution is 6.40. The largest absolute Gasteiger partial charge is 0.433 e. The Labute approximate surface area is 116 Å². The number of benzene rings is 1. The number of nitrogens with zero attached hydrogens (tertiary/aromatic N) is 1. The van der Waals surface area contributed by atoms with Crippen LogP contribution in [0.1, 0.15) is 11.3 Å². The fraction of sp³-hybridized carbons (Fsp3) is 0.182. The molecule has 3 N–H and O–H groups in total. The summed E-state index contributed by atoms with van der Waals surface area (Å²) < 4.78 is 38.8. The van der Waals surface area contributed by atoms with Crippen molar-refractivity contribution in [3.05, 3.63) is 33.4 Å². The molecular formula is C11H8Cl2F3N3. The molecule has 3 nitrogen and oxygen atoms in total. The van der Waals surface area contributed by atoms with E-state index < -0.39 is 11.9 Å². The van der Waals surface area contributed by atoms with Crippen LogP contribution < -0.4 is 11.3 Å². The normalized spacial score (nSPS) is 11.9. The Morgan fingerprint density at radius 1 is 1.21 bits per heavy atom. The molecule has 0 aliphatic heterocycles. The minimum absolute atomic E-state index is 0.0416. The molecule has 0 saturated carbocycles. The second-order valence-electron chi connectivity index (χ2n) is 3.86. The van der Waals surface area contributed by atoms with E-state index in [1.54, 1.807) is 0 Å². The first-order chi connectivity index (χ1) is 8.77. The first-order valence-corrected chi connectivity index (χ1v) is 5.85. The van der Waals surface area contributed by atoms with Crippen molar-refractivity contribution in [3.63, 3.8) is 0 Å². The maximum absolute atomic E-state index is 12.9. The van der Waals surface area contributed by atoms with E-state index in [-0.39, 0.29) is 32.2 Å². The van der Waals surface area contributed by atoms with Crippen LogP contribution >= 0.6 is 23.2 Å². The Morgan fingerprint density at radius 3 is 2.32 bits per heavy atom. The van der Waals surface area contributed by atoms with E-state index in [1.807, 2.05) is 0 Å². The lowest BCUT2D eigenvalue weighted by Crippen LogP contribution is -2.16. The van der Waals surface area contributed by atoms with Gasteiger partial charge >= 0.3 is 6.18 Å². The van der Waals surface area contributed by atoms with Crippen LogP contribution in [0.4, 0.5) is 18.9 Å². The second kappa shape index (κ2) is 4.70. The highest BCUT2D eigenvalue weighted by atomic mass is 35.5. The van der Waals surface area contributed by atoms with Gasteiger partial charge < -0.3 is 5.43 Å². The van der Waals surface area contributed by atoms with Crippen LogP contribution in [-0.4, -0.2) is 4.98 Å². The van der Waals surface area contributed by atoms with Crippen LogP contribution in [0.25, 0.3) is 10.9 Å². The molecule has 0 saturated heterocycles. The van der Waals surface area contributed by atoms with Crippen LogP contribution in [0.15, 0.2) is 12.1 Å². The highest BCUT2D eigenvalue weighted by Crippen LogP contribution is 2.40. The van der Waals surface area contributed by atoms with E-state index in [1.165, 1.54) is 19.1 Å². The van der Waals surface area contributed by atoms with Crippen molar-refractivity contribution >= 4 is 39.8 Å². The van der Waals surface area contributed by atoms with Crippen molar-refractivity contribution < 1.29 is 13.2 Å². The minimum atomic E-state index is -4.60. The summed E-state index contributed by atoms with van der Waals surface area (Å²) >= 11 is 11.9. The Balaban J connectivity index is 2.99. The average Bonchev–Trinajstić information content (AvgIpc) is 2.32. The third-order valence-corrected chi connectivity index (χ3v) is 3.31. The van der Waals surface area contributed by atoms with Gasteiger partial charge in [0.15, 0.2) is 0 Å². The summed E-state index contributed by atoms with van der Waals surface area (Å²) in [5, 5.41) is 0.556. The molecule has 1 aromatic heterocycles. The number of nitrogens with two attached hydrogens (primary N) is 1. The molecule has 2 rings (SSSR count). The first kappa shape index (κ1) is 14.2. The van der Waals surface area contributed by atoms with Gasteiger partial charge in [-0.1, -0.05) is 23.2 Å². The van der Waals surface area contributed by atoms with Gasteiger partial charge in [0, 0.05) is 10.9 Å². The molecule has 2 aromatic rings. The number of nitrogen functional groups attached to an aromatic ring is 1. The van der Waals surface area contributed by atoms with Gasteiger partial charge in [-0.25, -0.2) is 4.98 Å². The Kier molecular flexibility index (Phi) is 3.51. The Bertz CT molecular complexity index is 656. The Morgan fingerprint density at radius 2 is 1.79 bits per heavy atom. The zero-order valence-corrected chi connectivity index (χ0v) is 11.1.